The van der Waals surface area contributed by atoms with E-state index in [1.165, 1.54) is 0 Å². The zero-order chi connectivity index (χ0) is 22.1. The summed E-state index contributed by atoms with van der Waals surface area (Å²) in [5.41, 5.74) is 3.84. The van der Waals surface area contributed by atoms with Gasteiger partial charge in [-0.05, 0) is 19.4 Å². The number of carboxylic acid groups (broad SMARTS) is 2. The zero-order valence-electron chi connectivity index (χ0n) is 16.5. The Balaban J connectivity index is 0.000000343. The molecule has 3 aromatic rings. The summed E-state index contributed by atoms with van der Waals surface area (Å²) >= 11 is 0. The van der Waals surface area contributed by atoms with E-state index in [1.807, 2.05) is 43.5 Å². The summed E-state index contributed by atoms with van der Waals surface area (Å²) in [6.45, 7) is 6.45. The van der Waals surface area contributed by atoms with Crippen LogP contribution in [0.4, 0.5) is 0 Å². The van der Waals surface area contributed by atoms with E-state index in [-0.39, 0.29) is 5.78 Å². The Hall–Kier alpha value is -3.94. The van der Waals surface area contributed by atoms with Crippen molar-refractivity contribution in [1.29, 1.82) is 0 Å². The molecular weight excluding hydrogens is 386 g/mol. The number of allylic oxidation sites excluding steroid dienone is 1. The maximum Gasteiger partial charge on any atom is 0.328 e. The molecule has 8 heteroatoms. The fourth-order valence-electron chi connectivity index (χ4n) is 2.91. The Morgan fingerprint density at radius 1 is 1.17 bits per heavy atom. The minimum Gasteiger partial charge on any atom is -0.478 e. The molecule has 0 aliphatic rings. The highest BCUT2D eigenvalue weighted by Gasteiger charge is 2.15. The van der Waals surface area contributed by atoms with Crippen LogP contribution in [-0.4, -0.2) is 42.5 Å². The van der Waals surface area contributed by atoms with Crippen molar-refractivity contribution in [3.05, 3.63) is 78.5 Å². The SMILES string of the molecule is C=CCn1cc(C(=O)CCc2nc[nH]c2C)c2ccccc21.O=C(O)C=CC(=O)O. The lowest BCUT2D eigenvalue weighted by Gasteiger charge is -1.99. The number of imidazole rings is 1. The molecule has 2 heterocycles. The number of H-pyrrole nitrogens is 1. The topological polar surface area (TPSA) is 125 Å². The predicted molar refractivity (Wildman–Crippen MR) is 113 cm³/mol. The maximum absolute atomic E-state index is 12.6. The van der Waals surface area contributed by atoms with Gasteiger partial charge in [-0.2, -0.15) is 0 Å². The second-order valence-corrected chi connectivity index (χ2v) is 6.41. The average Bonchev–Trinajstić information content (AvgIpc) is 3.29. The molecule has 0 radical (unpaired) electrons. The molecule has 3 N–H and O–H groups in total. The molecular formula is C22H23N3O5. The van der Waals surface area contributed by atoms with Crippen LogP contribution < -0.4 is 0 Å². The lowest BCUT2D eigenvalue weighted by Crippen LogP contribution is -2.02. The summed E-state index contributed by atoms with van der Waals surface area (Å²) in [5.74, 6) is -2.36. The van der Waals surface area contributed by atoms with Gasteiger partial charge in [-0.3, -0.25) is 4.79 Å². The van der Waals surface area contributed by atoms with Gasteiger partial charge in [-0.1, -0.05) is 24.3 Å². The fraction of sp³-hybridized carbons (Fsp3) is 0.182. The van der Waals surface area contributed by atoms with Crippen LogP contribution in [-0.2, 0) is 22.6 Å². The second kappa shape index (κ2) is 10.6. The first-order chi connectivity index (χ1) is 14.3. The van der Waals surface area contributed by atoms with Crippen molar-refractivity contribution in [2.75, 3.05) is 0 Å². The second-order valence-electron chi connectivity index (χ2n) is 6.41. The van der Waals surface area contributed by atoms with Crippen molar-refractivity contribution in [3.63, 3.8) is 0 Å². The molecule has 1 aromatic carbocycles. The molecule has 0 atom stereocenters. The van der Waals surface area contributed by atoms with Crippen LogP contribution in [0.25, 0.3) is 10.9 Å². The first-order valence-electron chi connectivity index (χ1n) is 9.18. The Bertz CT molecular complexity index is 1080. The Kier molecular flexibility index (Phi) is 7.87. The van der Waals surface area contributed by atoms with E-state index in [0.29, 0.717) is 31.5 Å². The number of Topliss-reactive ketones (excluding diaryl/α,β-unsaturated/α-hetero) is 1. The van der Waals surface area contributed by atoms with E-state index in [1.54, 1.807) is 6.33 Å². The number of hydrogen-bond donors (Lipinski definition) is 3. The van der Waals surface area contributed by atoms with Crippen molar-refractivity contribution >= 4 is 28.6 Å². The first-order valence-corrected chi connectivity index (χ1v) is 9.18. The van der Waals surface area contributed by atoms with Crippen LogP contribution in [0.15, 0.2) is 61.6 Å². The third kappa shape index (κ3) is 6.03. The molecule has 0 fully saturated rings. The van der Waals surface area contributed by atoms with Gasteiger partial charge in [0.05, 0.1) is 12.0 Å². The summed E-state index contributed by atoms with van der Waals surface area (Å²) in [4.78, 5) is 39.0. The van der Waals surface area contributed by atoms with Crippen molar-refractivity contribution in [3.8, 4) is 0 Å². The number of carboxylic acids is 2. The van der Waals surface area contributed by atoms with Crippen molar-refractivity contribution in [2.45, 2.75) is 26.3 Å². The van der Waals surface area contributed by atoms with Gasteiger partial charge in [-0.15, -0.1) is 6.58 Å². The van der Waals surface area contributed by atoms with Gasteiger partial charge < -0.3 is 19.8 Å². The van der Waals surface area contributed by atoms with Crippen LogP contribution in [0.3, 0.4) is 0 Å². The molecule has 0 aliphatic carbocycles. The molecule has 0 saturated heterocycles. The largest absolute Gasteiger partial charge is 0.478 e. The Labute approximate surface area is 173 Å². The molecule has 0 saturated carbocycles. The van der Waals surface area contributed by atoms with E-state index in [9.17, 15) is 14.4 Å². The van der Waals surface area contributed by atoms with Crippen molar-refractivity contribution in [2.24, 2.45) is 0 Å². The number of ketones is 1. The lowest BCUT2D eigenvalue weighted by molar-refractivity contribution is -0.134. The Morgan fingerprint density at radius 3 is 2.40 bits per heavy atom. The number of aliphatic carboxylic acids is 2. The number of nitrogens with zero attached hydrogens (tertiary/aromatic N) is 2. The third-order valence-electron chi connectivity index (χ3n) is 4.31. The molecule has 0 spiro atoms. The van der Waals surface area contributed by atoms with E-state index >= 15 is 0 Å². The molecule has 156 valence electrons. The van der Waals surface area contributed by atoms with Gasteiger partial charge in [-0.25, -0.2) is 14.6 Å². The molecule has 0 unspecified atom stereocenters. The normalized spacial score (nSPS) is 10.6. The summed E-state index contributed by atoms with van der Waals surface area (Å²) in [7, 11) is 0. The molecule has 0 bridgehead atoms. The van der Waals surface area contributed by atoms with E-state index in [4.69, 9.17) is 10.2 Å². The number of fused-ring (bicyclic) bond motifs is 1. The first kappa shape index (κ1) is 22.4. The number of aryl methyl sites for hydroxylation is 2. The number of rotatable bonds is 8. The highest BCUT2D eigenvalue weighted by Crippen LogP contribution is 2.23. The Morgan fingerprint density at radius 2 is 1.83 bits per heavy atom. The molecule has 0 aliphatic heterocycles. The number of aromatic amines is 1. The van der Waals surface area contributed by atoms with E-state index < -0.39 is 11.9 Å². The van der Waals surface area contributed by atoms with Gasteiger partial charge in [0.15, 0.2) is 5.78 Å². The van der Waals surface area contributed by atoms with Gasteiger partial charge >= 0.3 is 11.9 Å². The van der Waals surface area contributed by atoms with Crippen LogP contribution in [0.5, 0.6) is 0 Å². The number of nitrogens with one attached hydrogen (secondary N) is 1. The smallest absolute Gasteiger partial charge is 0.328 e. The minimum atomic E-state index is -1.26. The van der Waals surface area contributed by atoms with Gasteiger partial charge in [0.1, 0.15) is 0 Å². The fourth-order valence-corrected chi connectivity index (χ4v) is 2.91. The molecule has 2 aromatic heterocycles. The number of hydrogen-bond acceptors (Lipinski definition) is 4. The van der Waals surface area contributed by atoms with E-state index in [0.717, 1.165) is 27.9 Å². The summed E-state index contributed by atoms with van der Waals surface area (Å²) in [5, 5.41) is 16.6. The minimum absolute atomic E-state index is 0.154. The molecule has 30 heavy (non-hydrogen) atoms. The number of carbonyl (C=O) groups excluding carboxylic acids is 1. The van der Waals surface area contributed by atoms with Gasteiger partial charge in [0.25, 0.3) is 0 Å². The zero-order valence-corrected chi connectivity index (χ0v) is 16.5. The van der Waals surface area contributed by atoms with Crippen LogP contribution in [0.2, 0.25) is 0 Å². The summed E-state index contributed by atoms with van der Waals surface area (Å²) in [6.07, 6.45) is 7.69. The molecule has 3 rings (SSSR count). The molecule has 8 nitrogen and oxygen atoms in total. The number of carbonyl (C=O) groups is 3. The van der Waals surface area contributed by atoms with Crippen LogP contribution in [0.1, 0.15) is 28.2 Å². The quantitative estimate of drug-likeness (QED) is 0.297. The van der Waals surface area contributed by atoms with Gasteiger partial charge in [0, 0.05) is 53.5 Å². The summed E-state index contributed by atoms with van der Waals surface area (Å²) in [6, 6.07) is 7.99. The van der Waals surface area contributed by atoms with Crippen molar-refractivity contribution < 1.29 is 24.6 Å². The van der Waals surface area contributed by atoms with Gasteiger partial charge in [0.2, 0.25) is 0 Å². The third-order valence-corrected chi connectivity index (χ3v) is 4.31. The number of aromatic nitrogens is 3. The maximum atomic E-state index is 12.6. The highest BCUT2D eigenvalue weighted by atomic mass is 16.4. The summed E-state index contributed by atoms with van der Waals surface area (Å²) < 4.78 is 2.06. The lowest BCUT2D eigenvalue weighted by atomic mass is 10.0. The van der Waals surface area contributed by atoms with E-state index in [2.05, 4.69) is 21.1 Å². The average molecular weight is 409 g/mol. The number of para-hydroxylation sites is 1. The monoisotopic (exact) mass is 409 g/mol. The highest BCUT2D eigenvalue weighted by molar-refractivity contribution is 6.08. The van der Waals surface area contributed by atoms with Crippen LogP contribution >= 0.6 is 0 Å². The standard InChI is InChI=1S/C18H19N3O.C4H4O4/c1-3-10-21-11-15(14-6-4-5-7-17(14)21)18(22)9-8-16-13(2)19-12-20-16;5-3(6)1-2-4(7)8/h3-7,11-12H,1,8-10H2,2H3,(H,19,20);1-2H,(H,5,6)(H,7,8). The number of benzene rings is 1. The van der Waals surface area contributed by atoms with Crippen molar-refractivity contribution in [1.82, 2.24) is 14.5 Å². The van der Waals surface area contributed by atoms with Crippen LogP contribution in [0, 0.1) is 6.92 Å². The molecule has 0 amide bonds. The predicted octanol–water partition coefficient (Wildman–Crippen LogP) is 3.39.